The van der Waals surface area contributed by atoms with E-state index in [1.165, 1.54) is 11.3 Å². The molecule has 0 radical (unpaired) electrons. The molecule has 1 N–H and O–H groups in total. The van der Waals surface area contributed by atoms with Crippen molar-refractivity contribution in [1.29, 1.82) is 0 Å². The Balaban J connectivity index is 2.04. The van der Waals surface area contributed by atoms with Crippen molar-refractivity contribution in [2.24, 2.45) is 7.05 Å². The number of aryl methyl sites for hydroxylation is 2. The normalized spacial score (nSPS) is 12.7. The van der Waals surface area contributed by atoms with Crippen LogP contribution >= 0.6 is 0 Å². The summed E-state index contributed by atoms with van der Waals surface area (Å²) >= 11 is 0. The number of hydrogen-bond acceptors (Lipinski definition) is 3. The largest absolute Gasteiger partial charge is 0.305 e. The lowest BCUT2D eigenvalue weighted by Crippen LogP contribution is -2.19. The summed E-state index contributed by atoms with van der Waals surface area (Å²) in [5.74, 6) is 0. The molecule has 0 amide bonds. The van der Waals surface area contributed by atoms with Crippen molar-refractivity contribution in [2.75, 3.05) is 0 Å². The van der Waals surface area contributed by atoms with Gasteiger partial charge in [0.05, 0.1) is 11.4 Å². The second-order valence-electron chi connectivity index (χ2n) is 4.63. The van der Waals surface area contributed by atoms with Crippen LogP contribution in [0.25, 0.3) is 0 Å². The molecule has 0 bridgehead atoms. The van der Waals surface area contributed by atoms with Gasteiger partial charge in [0, 0.05) is 37.1 Å². The monoisotopic (exact) mass is 244 g/mol. The zero-order valence-corrected chi connectivity index (χ0v) is 11.4. The van der Waals surface area contributed by atoms with Crippen molar-refractivity contribution >= 4 is 0 Å². The fourth-order valence-corrected chi connectivity index (χ4v) is 2.07. The number of nitrogens with zero attached hydrogens (tertiary/aromatic N) is 3. The third kappa shape index (κ3) is 2.59. The molecule has 18 heavy (non-hydrogen) atoms. The molecule has 0 saturated heterocycles. The minimum Gasteiger partial charge on any atom is -0.305 e. The first kappa shape index (κ1) is 12.8. The van der Waals surface area contributed by atoms with E-state index < -0.39 is 0 Å². The predicted molar refractivity (Wildman–Crippen MR) is 72.2 cm³/mol. The average molecular weight is 244 g/mol. The maximum Gasteiger partial charge on any atom is 0.0641 e. The summed E-state index contributed by atoms with van der Waals surface area (Å²) in [7, 11) is 1.98. The van der Waals surface area contributed by atoms with Gasteiger partial charge in [-0.2, -0.15) is 5.10 Å². The lowest BCUT2D eigenvalue weighted by molar-refractivity contribution is 0.559. The predicted octanol–water partition coefficient (Wildman–Crippen LogP) is 2.28. The first-order valence-electron chi connectivity index (χ1n) is 6.23. The van der Waals surface area contributed by atoms with Gasteiger partial charge in [0.15, 0.2) is 0 Å². The molecule has 4 heteroatoms. The molecule has 2 heterocycles. The average Bonchev–Trinajstić information content (AvgIpc) is 2.62. The van der Waals surface area contributed by atoms with Crippen molar-refractivity contribution in [3.8, 4) is 0 Å². The van der Waals surface area contributed by atoms with E-state index in [4.69, 9.17) is 0 Å². The number of pyridine rings is 1. The Hall–Kier alpha value is -1.68. The molecular formula is C14H20N4. The molecule has 2 aromatic rings. The summed E-state index contributed by atoms with van der Waals surface area (Å²) in [6.07, 6.45) is 1.83. The summed E-state index contributed by atoms with van der Waals surface area (Å²) in [6, 6.07) is 6.23. The lowest BCUT2D eigenvalue weighted by atomic mass is 10.1. The first-order chi connectivity index (χ1) is 8.59. The highest BCUT2D eigenvalue weighted by Gasteiger charge is 2.11. The number of hydrogen-bond donors (Lipinski definition) is 1. The van der Waals surface area contributed by atoms with Gasteiger partial charge in [-0.05, 0) is 32.9 Å². The third-order valence-corrected chi connectivity index (χ3v) is 3.38. The number of aromatic nitrogens is 3. The van der Waals surface area contributed by atoms with Crippen LogP contribution in [0.4, 0.5) is 0 Å². The van der Waals surface area contributed by atoms with E-state index in [2.05, 4.69) is 36.2 Å². The van der Waals surface area contributed by atoms with Gasteiger partial charge in [0.25, 0.3) is 0 Å². The van der Waals surface area contributed by atoms with Gasteiger partial charge in [0.1, 0.15) is 0 Å². The van der Waals surface area contributed by atoms with Gasteiger partial charge >= 0.3 is 0 Å². The van der Waals surface area contributed by atoms with Gasteiger partial charge in [0.2, 0.25) is 0 Å². The minimum absolute atomic E-state index is 0.241. The Labute approximate surface area is 108 Å². The maximum absolute atomic E-state index is 4.42. The molecule has 0 aliphatic rings. The molecular weight excluding hydrogens is 224 g/mol. The van der Waals surface area contributed by atoms with Gasteiger partial charge in [-0.1, -0.05) is 6.07 Å². The second-order valence-corrected chi connectivity index (χ2v) is 4.63. The number of nitrogens with one attached hydrogen (secondary N) is 1. The standard InChI is InChI=1S/C14H20N4/c1-10-13(12(3)18(4)17-10)9-16-11(2)14-7-5-6-8-15-14/h5-8,11,16H,9H2,1-4H3. The zero-order chi connectivity index (χ0) is 13.1. The summed E-state index contributed by atoms with van der Waals surface area (Å²) in [5.41, 5.74) is 4.65. The minimum atomic E-state index is 0.241. The molecule has 0 spiro atoms. The highest BCUT2D eigenvalue weighted by Crippen LogP contribution is 2.14. The first-order valence-corrected chi connectivity index (χ1v) is 6.23. The molecule has 0 aliphatic heterocycles. The van der Waals surface area contributed by atoms with Crippen molar-refractivity contribution in [3.63, 3.8) is 0 Å². The van der Waals surface area contributed by atoms with Gasteiger partial charge in [-0.25, -0.2) is 0 Å². The summed E-state index contributed by atoms with van der Waals surface area (Å²) < 4.78 is 1.93. The van der Waals surface area contributed by atoms with Gasteiger partial charge in [-0.3, -0.25) is 9.67 Å². The van der Waals surface area contributed by atoms with Crippen molar-refractivity contribution in [1.82, 2.24) is 20.1 Å². The number of rotatable bonds is 4. The molecule has 0 saturated carbocycles. The molecule has 0 fully saturated rings. The Kier molecular flexibility index (Phi) is 3.77. The quantitative estimate of drug-likeness (QED) is 0.897. The molecule has 0 aromatic carbocycles. The van der Waals surface area contributed by atoms with Crippen molar-refractivity contribution in [2.45, 2.75) is 33.4 Å². The lowest BCUT2D eigenvalue weighted by Gasteiger charge is -2.13. The molecule has 1 unspecified atom stereocenters. The zero-order valence-electron chi connectivity index (χ0n) is 11.4. The smallest absolute Gasteiger partial charge is 0.0641 e. The van der Waals surface area contributed by atoms with Crippen LogP contribution in [-0.2, 0) is 13.6 Å². The molecule has 2 rings (SSSR count). The van der Waals surface area contributed by atoms with Gasteiger partial charge < -0.3 is 5.32 Å². The van der Waals surface area contributed by atoms with E-state index in [-0.39, 0.29) is 6.04 Å². The summed E-state index contributed by atoms with van der Waals surface area (Å²) in [4.78, 5) is 4.36. The van der Waals surface area contributed by atoms with Crippen LogP contribution in [0.1, 0.15) is 35.6 Å². The SMILES string of the molecule is Cc1nn(C)c(C)c1CNC(C)c1ccccn1. The molecule has 4 nitrogen and oxygen atoms in total. The summed E-state index contributed by atoms with van der Waals surface area (Å²) in [6.45, 7) is 7.10. The third-order valence-electron chi connectivity index (χ3n) is 3.38. The van der Waals surface area contributed by atoms with Crippen LogP contribution < -0.4 is 5.32 Å². The van der Waals surface area contributed by atoms with Crippen LogP contribution in [0, 0.1) is 13.8 Å². The molecule has 1 atom stereocenters. The van der Waals surface area contributed by atoms with Crippen LogP contribution in [0.15, 0.2) is 24.4 Å². The second kappa shape index (κ2) is 5.31. The highest BCUT2D eigenvalue weighted by molar-refractivity contribution is 5.24. The van der Waals surface area contributed by atoms with Crippen LogP contribution in [0.5, 0.6) is 0 Å². The maximum atomic E-state index is 4.42. The van der Waals surface area contributed by atoms with E-state index >= 15 is 0 Å². The van der Waals surface area contributed by atoms with E-state index in [0.717, 1.165) is 17.9 Å². The van der Waals surface area contributed by atoms with E-state index in [1.54, 1.807) is 0 Å². The Morgan fingerprint density at radius 3 is 2.67 bits per heavy atom. The van der Waals surface area contributed by atoms with Crippen LogP contribution in [-0.4, -0.2) is 14.8 Å². The van der Waals surface area contributed by atoms with Gasteiger partial charge in [-0.15, -0.1) is 0 Å². The Morgan fingerprint density at radius 2 is 2.11 bits per heavy atom. The molecule has 2 aromatic heterocycles. The fourth-order valence-electron chi connectivity index (χ4n) is 2.07. The highest BCUT2D eigenvalue weighted by atomic mass is 15.3. The fraction of sp³-hybridized carbons (Fsp3) is 0.429. The van der Waals surface area contributed by atoms with E-state index in [9.17, 15) is 0 Å². The van der Waals surface area contributed by atoms with E-state index in [0.29, 0.717) is 0 Å². The Bertz CT molecular complexity index is 516. The topological polar surface area (TPSA) is 42.7 Å². The van der Waals surface area contributed by atoms with Crippen molar-refractivity contribution in [3.05, 3.63) is 47.0 Å². The van der Waals surface area contributed by atoms with Crippen LogP contribution in [0.3, 0.4) is 0 Å². The van der Waals surface area contributed by atoms with Crippen molar-refractivity contribution < 1.29 is 0 Å². The molecule has 96 valence electrons. The Morgan fingerprint density at radius 1 is 1.33 bits per heavy atom. The molecule has 0 aliphatic carbocycles. The van der Waals surface area contributed by atoms with Crippen LogP contribution in [0.2, 0.25) is 0 Å². The summed E-state index contributed by atoms with van der Waals surface area (Å²) in [5, 5.41) is 7.92. The van der Waals surface area contributed by atoms with E-state index in [1.807, 2.05) is 36.1 Å².